The van der Waals surface area contributed by atoms with Crippen molar-refractivity contribution < 1.29 is 5.03 Å². The van der Waals surface area contributed by atoms with Crippen molar-refractivity contribution in [1.29, 1.82) is 0 Å². The zero-order valence-corrected chi connectivity index (χ0v) is 7.43. The van der Waals surface area contributed by atoms with Gasteiger partial charge in [0.1, 0.15) is 0 Å². The van der Waals surface area contributed by atoms with Crippen molar-refractivity contribution in [1.82, 2.24) is 5.43 Å². The number of hydrogen-bond donors (Lipinski definition) is 1. The van der Waals surface area contributed by atoms with E-state index in [9.17, 15) is 10.1 Å². The maximum Gasteiger partial charge on any atom is 0.157 e. The minimum atomic E-state index is -0.506. The number of hydrogen-bond acceptors (Lipinski definition) is 2. The molecule has 1 aromatic carbocycles. The Bertz CT molecular complexity index is 274. The summed E-state index contributed by atoms with van der Waals surface area (Å²) in [4.78, 5) is 10.1. The molecule has 70 valence electrons. The van der Waals surface area contributed by atoms with E-state index in [-0.39, 0.29) is 6.04 Å². The number of benzene rings is 1. The molecule has 1 N–H and O–H groups in total. The van der Waals surface area contributed by atoms with Crippen molar-refractivity contribution >= 4 is 0 Å². The van der Waals surface area contributed by atoms with Crippen LogP contribution in [0, 0.1) is 10.1 Å². The fourth-order valence-corrected chi connectivity index (χ4v) is 1.19. The monoisotopic (exact) mass is 180 g/mol. The Morgan fingerprint density at radius 3 is 2.62 bits per heavy atom. The topological polar surface area (TPSA) is 55.2 Å². The lowest BCUT2D eigenvalue weighted by Crippen LogP contribution is -2.33. The van der Waals surface area contributed by atoms with Crippen molar-refractivity contribution in [3.63, 3.8) is 0 Å². The first-order chi connectivity index (χ1) is 6.18. The predicted octanol–water partition coefficient (Wildman–Crippen LogP) is 1.40. The molecule has 4 heteroatoms. The lowest BCUT2D eigenvalue weighted by atomic mass is 10.1. The minimum Gasteiger partial charge on any atom is -0.235 e. The second-order valence-corrected chi connectivity index (χ2v) is 2.98. The van der Waals surface area contributed by atoms with Gasteiger partial charge in [0.05, 0.1) is 6.04 Å². The Labute approximate surface area is 76.7 Å². The second-order valence-electron chi connectivity index (χ2n) is 2.98. The molecule has 0 saturated heterocycles. The predicted molar refractivity (Wildman–Crippen MR) is 49.7 cm³/mol. The van der Waals surface area contributed by atoms with E-state index >= 15 is 0 Å². The van der Waals surface area contributed by atoms with Gasteiger partial charge in [0.25, 0.3) is 0 Å². The smallest absolute Gasteiger partial charge is 0.157 e. The number of nitrogens with one attached hydrogen (secondary N) is 1. The summed E-state index contributed by atoms with van der Waals surface area (Å²) in [7, 11) is 0. The van der Waals surface area contributed by atoms with Gasteiger partial charge in [-0.15, -0.1) is 5.43 Å². The average molecular weight is 180 g/mol. The standard InChI is InChI=1S/C9H12N2O2/c1-8(10-11(12)13)7-9-5-3-2-4-6-9/h2-6,8,10H,7H2,1H3. The molecule has 0 amide bonds. The Balaban J connectivity index is 2.45. The summed E-state index contributed by atoms with van der Waals surface area (Å²) in [6.07, 6.45) is 0.668. The molecule has 1 aromatic rings. The Morgan fingerprint density at radius 1 is 1.46 bits per heavy atom. The van der Waals surface area contributed by atoms with E-state index in [2.05, 4.69) is 5.43 Å². The largest absolute Gasteiger partial charge is 0.235 e. The van der Waals surface area contributed by atoms with Gasteiger partial charge in [-0.2, -0.15) is 0 Å². The fraction of sp³-hybridized carbons (Fsp3) is 0.333. The van der Waals surface area contributed by atoms with Crippen LogP contribution >= 0.6 is 0 Å². The Kier molecular flexibility index (Phi) is 3.25. The first-order valence-corrected chi connectivity index (χ1v) is 4.13. The molecule has 0 heterocycles. The van der Waals surface area contributed by atoms with E-state index in [0.29, 0.717) is 6.42 Å². The zero-order chi connectivity index (χ0) is 9.68. The molecule has 13 heavy (non-hydrogen) atoms. The molecular formula is C9H12N2O2. The highest BCUT2D eigenvalue weighted by Crippen LogP contribution is 2.02. The molecule has 0 fully saturated rings. The van der Waals surface area contributed by atoms with Crippen LogP contribution in [0.2, 0.25) is 0 Å². The third kappa shape index (κ3) is 3.55. The van der Waals surface area contributed by atoms with Gasteiger partial charge in [0.2, 0.25) is 0 Å². The summed E-state index contributed by atoms with van der Waals surface area (Å²) in [5.41, 5.74) is 3.31. The van der Waals surface area contributed by atoms with E-state index in [1.807, 2.05) is 30.3 Å². The van der Waals surface area contributed by atoms with Gasteiger partial charge in [-0.25, -0.2) is 10.1 Å². The number of nitro groups is 1. The molecule has 1 rings (SSSR count). The minimum absolute atomic E-state index is 0.141. The third-order valence-electron chi connectivity index (χ3n) is 1.71. The van der Waals surface area contributed by atoms with Crippen molar-refractivity contribution in [3.05, 3.63) is 46.0 Å². The van der Waals surface area contributed by atoms with Crippen molar-refractivity contribution in [2.75, 3.05) is 0 Å². The first-order valence-electron chi connectivity index (χ1n) is 4.13. The van der Waals surface area contributed by atoms with Crippen LogP contribution in [0.4, 0.5) is 0 Å². The Hall–Kier alpha value is -1.58. The van der Waals surface area contributed by atoms with Crippen molar-refractivity contribution in [2.24, 2.45) is 0 Å². The van der Waals surface area contributed by atoms with Crippen LogP contribution < -0.4 is 5.43 Å². The van der Waals surface area contributed by atoms with Crippen LogP contribution in [-0.2, 0) is 6.42 Å². The van der Waals surface area contributed by atoms with Gasteiger partial charge in [-0.05, 0) is 18.9 Å². The molecule has 0 bridgehead atoms. The lowest BCUT2D eigenvalue weighted by Gasteiger charge is -2.07. The van der Waals surface area contributed by atoms with Gasteiger partial charge in [0.15, 0.2) is 5.03 Å². The van der Waals surface area contributed by atoms with E-state index in [0.717, 1.165) is 5.56 Å². The SMILES string of the molecule is CC(Cc1ccccc1)N[N+](=O)[O-]. The summed E-state index contributed by atoms with van der Waals surface area (Å²) >= 11 is 0. The lowest BCUT2D eigenvalue weighted by molar-refractivity contribution is -0.550. The Morgan fingerprint density at radius 2 is 2.08 bits per heavy atom. The first kappa shape index (κ1) is 9.51. The van der Waals surface area contributed by atoms with Crippen LogP contribution in [0.15, 0.2) is 30.3 Å². The number of hydrazine groups is 1. The summed E-state index contributed by atoms with van der Waals surface area (Å²) in [6.45, 7) is 1.79. The van der Waals surface area contributed by atoms with E-state index in [1.165, 1.54) is 0 Å². The van der Waals surface area contributed by atoms with Crippen LogP contribution in [0.1, 0.15) is 12.5 Å². The van der Waals surface area contributed by atoms with Gasteiger partial charge in [-0.1, -0.05) is 30.3 Å². The molecule has 0 aliphatic heterocycles. The van der Waals surface area contributed by atoms with Crippen LogP contribution in [0.3, 0.4) is 0 Å². The fourth-order valence-electron chi connectivity index (χ4n) is 1.19. The van der Waals surface area contributed by atoms with E-state index in [4.69, 9.17) is 0 Å². The zero-order valence-electron chi connectivity index (χ0n) is 7.43. The molecular weight excluding hydrogens is 168 g/mol. The molecule has 0 saturated carbocycles. The maximum atomic E-state index is 10.1. The molecule has 0 spiro atoms. The normalized spacial score (nSPS) is 12.1. The van der Waals surface area contributed by atoms with Gasteiger partial charge in [-0.3, -0.25) is 0 Å². The molecule has 1 unspecified atom stereocenters. The maximum absolute atomic E-state index is 10.1. The molecule has 4 nitrogen and oxygen atoms in total. The van der Waals surface area contributed by atoms with E-state index < -0.39 is 5.03 Å². The molecule has 0 aliphatic carbocycles. The summed E-state index contributed by atoms with van der Waals surface area (Å²) in [6, 6.07) is 9.55. The molecule has 0 radical (unpaired) electrons. The third-order valence-corrected chi connectivity index (χ3v) is 1.71. The number of nitrogens with zero attached hydrogens (tertiary/aromatic N) is 1. The van der Waals surface area contributed by atoms with Crippen LogP contribution in [0.5, 0.6) is 0 Å². The van der Waals surface area contributed by atoms with Crippen LogP contribution in [-0.4, -0.2) is 11.1 Å². The molecule has 1 atom stereocenters. The second kappa shape index (κ2) is 4.45. The summed E-state index contributed by atoms with van der Waals surface area (Å²) < 4.78 is 0. The quantitative estimate of drug-likeness (QED) is 0.562. The molecule has 0 aliphatic rings. The highest BCUT2D eigenvalue weighted by Gasteiger charge is 2.06. The number of rotatable bonds is 4. The highest BCUT2D eigenvalue weighted by molar-refractivity contribution is 5.15. The highest BCUT2D eigenvalue weighted by atomic mass is 16.7. The summed E-state index contributed by atoms with van der Waals surface area (Å²) in [5.74, 6) is 0. The summed E-state index contributed by atoms with van der Waals surface area (Å²) in [5, 5.41) is 9.59. The molecule has 0 aromatic heterocycles. The van der Waals surface area contributed by atoms with Crippen molar-refractivity contribution in [3.8, 4) is 0 Å². The van der Waals surface area contributed by atoms with E-state index in [1.54, 1.807) is 6.92 Å². The average Bonchev–Trinajstić information content (AvgIpc) is 2.04. The van der Waals surface area contributed by atoms with Crippen LogP contribution in [0.25, 0.3) is 0 Å². The van der Waals surface area contributed by atoms with Gasteiger partial charge >= 0.3 is 0 Å². The van der Waals surface area contributed by atoms with Gasteiger partial charge < -0.3 is 0 Å². The van der Waals surface area contributed by atoms with Crippen molar-refractivity contribution in [2.45, 2.75) is 19.4 Å². The van der Waals surface area contributed by atoms with Gasteiger partial charge in [0, 0.05) is 0 Å².